The van der Waals surface area contributed by atoms with Crippen molar-refractivity contribution in [2.24, 2.45) is 0 Å². The standard InChI is InChI=1S/C17H20ClN3O3/c1-17(2,21-9-15(22)23-3)13-8-20-16(24-10-4-5-10)12-7-19-14(18)6-11(12)13/h6-8,10,21H,4-5,9H2,1-3H3. The molecular weight excluding hydrogens is 330 g/mol. The van der Waals surface area contributed by atoms with Gasteiger partial charge in [-0.15, -0.1) is 0 Å². The van der Waals surface area contributed by atoms with Crippen LogP contribution in [0.5, 0.6) is 5.88 Å². The molecule has 1 N–H and O–H groups in total. The van der Waals surface area contributed by atoms with Crippen LogP contribution in [0.1, 0.15) is 32.3 Å². The summed E-state index contributed by atoms with van der Waals surface area (Å²) in [5.41, 5.74) is 0.399. The molecule has 0 amide bonds. The molecule has 2 aromatic rings. The second-order valence-corrected chi connectivity index (χ2v) is 6.79. The van der Waals surface area contributed by atoms with Crippen molar-refractivity contribution in [1.29, 1.82) is 0 Å². The molecule has 2 heterocycles. The van der Waals surface area contributed by atoms with Crippen molar-refractivity contribution in [2.75, 3.05) is 13.7 Å². The van der Waals surface area contributed by atoms with Crippen LogP contribution in [0.25, 0.3) is 10.8 Å². The Kier molecular flexibility index (Phi) is 4.60. The van der Waals surface area contributed by atoms with Crippen LogP contribution in [-0.4, -0.2) is 35.7 Å². The van der Waals surface area contributed by atoms with Crippen molar-refractivity contribution < 1.29 is 14.3 Å². The zero-order valence-corrected chi connectivity index (χ0v) is 14.7. The molecular formula is C17H20ClN3O3. The first kappa shape index (κ1) is 16.9. The number of rotatable bonds is 6. The maximum absolute atomic E-state index is 11.4. The first-order valence-electron chi connectivity index (χ1n) is 7.84. The Morgan fingerprint density at radius 3 is 2.75 bits per heavy atom. The number of fused-ring (bicyclic) bond motifs is 1. The Balaban J connectivity index is 2.00. The summed E-state index contributed by atoms with van der Waals surface area (Å²) in [4.78, 5) is 20.1. The molecule has 3 rings (SSSR count). The van der Waals surface area contributed by atoms with Crippen LogP contribution in [0.4, 0.5) is 0 Å². The summed E-state index contributed by atoms with van der Waals surface area (Å²) in [5, 5.41) is 5.31. The highest BCUT2D eigenvalue weighted by molar-refractivity contribution is 6.30. The van der Waals surface area contributed by atoms with Crippen molar-refractivity contribution >= 4 is 28.3 Å². The fraction of sp³-hybridized carbons (Fsp3) is 0.471. The third-order valence-corrected chi connectivity index (χ3v) is 4.29. The number of pyridine rings is 2. The van der Waals surface area contributed by atoms with E-state index in [9.17, 15) is 4.79 Å². The Morgan fingerprint density at radius 1 is 1.33 bits per heavy atom. The molecule has 1 saturated carbocycles. The number of nitrogens with zero attached hydrogens (tertiary/aromatic N) is 2. The van der Waals surface area contributed by atoms with Gasteiger partial charge in [-0.05, 0) is 43.7 Å². The lowest BCUT2D eigenvalue weighted by atomic mass is 9.92. The summed E-state index contributed by atoms with van der Waals surface area (Å²) in [5.74, 6) is 0.248. The van der Waals surface area contributed by atoms with Gasteiger partial charge in [-0.25, -0.2) is 9.97 Å². The summed E-state index contributed by atoms with van der Waals surface area (Å²) in [6.07, 6.45) is 5.80. The van der Waals surface area contributed by atoms with Gasteiger partial charge in [0.25, 0.3) is 0 Å². The molecule has 0 atom stereocenters. The minimum atomic E-state index is -0.512. The molecule has 1 aliphatic rings. The zero-order valence-electron chi connectivity index (χ0n) is 13.9. The van der Waals surface area contributed by atoms with Gasteiger partial charge in [-0.1, -0.05) is 11.6 Å². The van der Waals surface area contributed by atoms with Gasteiger partial charge in [-0.2, -0.15) is 0 Å². The smallest absolute Gasteiger partial charge is 0.319 e. The van der Waals surface area contributed by atoms with Gasteiger partial charge < -0.3 is 9.47 Å². The second kappa shape index (κ2) is 6.53. The lowest BCUT2D eigenvalue weighted by molar-refractivity contribution is -0.139. The monoisotopic (exact) mass is 349 g/mol. The largest absolute Gasteiger partial charge is 0.474 e. The van der Waals surface area contributed by atoms with E-state index >= 15 is 0 Å². The Morgan fingerprint density at radius 2 is 2.08 bits per heavy atom. The van der Waals surface area contributed by atoms with Crippen LogP contribution in [0, 0.1) is 0 Å². The number of hydrogen-bond acceptors (Lipinski definition) is 6. The Hall–Kier alpha value is -1.92. The second-order valence-electron chi connectivity index (χ2n) is 6.40. The van der Waals surface area contributed by atoms with Gasteiger partial charge in [0, 0.05) is 17.9 Å². The third-order valence-electron chi connectivity index (χ3n) is 4.08. The van der Waals surface area contributed by atoms with Gasteiger partial charge in [0.2, 0.25) is 5.88 Å². The van der Waals surface area contributed by atoms with E-state index < -0.39 is 5.54 Å². The van der Waals surface area contributed by atoms with Crippen LogP contribution in [0.3, 0.4) is 0 Å². The summed E-state index contributed by atoms with van der Waals surface area (Å²) in [7, 11) is 1.36. The van der Waals surface area contributed by atoms with E-state index in [-0.39, 0.29) is 18.6 Å². The molecule has 0 spiro atoms. The normalized spacial score (nSPS) is 14.7. The molecule has 0 saturated heterocycles. The maximum atomic E-state index is 11.4. The van der Waals surface area contributed by atoms with E-state index in [0.717, 1.165) is 29.2 Å². The molecule has 0 radical (unpaired) electrons. The van der Waals surface area contributed by atoms with E-state index in [1.807, 2.05) is 13.8 Å². The summed E-state index contributed by atoms with van der Waals surface area (Å²) in [6, 6.07) is 1.80. The fourth-order valence-corrected chi connectivity index (χ4v) is 2.64. The molecule has 0 bridgehead atoms. The molecule has 2 aromatic heterocycles. The van der Waals surface area contributed by atoms with Gasteiger partial charge in [0.1, 0.15) is 11.3 Å². The van der Waals surface area contributed by atoms with E-state index in [1.165, 1.54) is 7.11 Å². The average molecular weight is 350 g/mol. The van der Waals surface area contributed by atoms with Crippen molar-refractivity contribution in [3.8, 4) is 5.88 Å². The van der Waals surface area contributed by atoms with Crippen LogP contribution in [0.2, 0.25) is 5.15 Å². The number of nitrogens with one attached hydrogen (secondary N) is 1. The van der Waals surface area contributed by atoms with E-state index in [4.69, 9.17) is 16.3 Å². The van der Waals surface area contributed by atoms with Crippen LogP contribution < -0.4 is 10.1 Å². The number of aromatic nitrogens is 2. The van der Waals surface area contributed by atoms with E-state index in [1.54, 1.807) is 18.5 Å². The Labute approximate surface area is 145 Å². The number of esters is 1. The molecule has 1 aliphatic carbocycles. The predicted molar refractivity (Wildman–Crippen MR) is 91.2 cm³/mol. The fourth-order valence-electron chi connectivity index (χ4n) is 2.48. The number of halogens is 1. The Bertz CT molecular complexity index is 775. The SMILES string of the molecule is COC(=O)CNC(C)(C)c1cnc(OC2CC2)c2cnc(Cl)cc12. The first-order chi connectivity index (χ1) is 11.4. The molecule has 1 fully saturated rings. The number of carbonyl (C=O) groups is 1. The van der Waals surface area contributed by atoms with Crippen molar-refractivity contribution in [1.82, 2.24) is 15.3 Å². The summed E-state index contributed by atoms with van der Waals surface area (Å²) in [6.45, 7) is 4.05. The maximum Gasteiger partial charge on any atom is 0.319 e. The van der Waals surface area contributed by atoms with Crippen LogP contribution in [-0.2, 0) is 15.1 Å². The van der Waals surface area contributed by atoms with Gasteiger partial charge in [-0.3, -0.25) is 10.1 Å². The molecule has 128 valence electrons. The highest BCUT2D eigenvalue weighted by Gasteiger charge is 2.28. The minimum absolute atomic E-state index is 0.101. The summed E-state index contributed by atoms with van der Waals surface area (Å²) >= 11 is 6.09. The van der Waals surface area contributed by atoms with E-state index in [0.29, 0.717) is 11.0 Å². The number of methoxy groups -OCH3 is 1. The topological polar surface area (TPSA) is 73.3 Å². The highest BCUT2D eigenvalue weighted by Crippen LogP contribution is 2.35. The van der Waals surface area contributed by atoms with Gasteiger partial charge >= 0.3 is 5.97 Å². The van der Waals surface area contributed by atoms with Crippen molar-refractivity contribution in [2.45, 2.75) is 38.3 Å². The quantitative estimate of drug-likeness (QED) is 0.638. The predicted octanol–water partition coefficient (Wildman–Crippen LogP) is 2.82. The zero-order chi connectivity index (χ0) is 17.3. The van der Waals surface area contributed by atoms with Crippen molar-refractivity contribution in [3.63, 3.8) is 0 Å². The molecule has 0 unspecified atom stereocenters. The van der Waals surface area contributed by atoms with E-state index in [2.05, 4.69) is 20.0 Å². The molecule has 7 heteroatoms. The van der Waals surface area contributed by atoms with Gasteiger partial charge in [0.15, 0.2) is 0 Å². The molecule has 24 heavy (non-hydrogen) atoms. The molecule has 6 nitrogen and oxygen atoms in total. The van der Waals surface area contributed by atoms with Crippen LogP contribution >= 0.6 is 11.6 Å². The lowest BCUT2D eigenvalue weighted by Gasteiger charge is -2.28. The third kappa shape index (κ3) is 3.60. The molecule has 0 aromatic carbocycles. The van der Waals surface area contributed by atoms with Gasteiger partial charge in [0.05, 0.1) is 19.0 Å². The number of carbonyl (C=O) groups excluding carboxylic acids is 1. The lowest BCUT2D eigenvalue weighted by Crippen LogP contribution is -2.40. The highest BCUT2D eigenvalue weighted by atomic mass is 35.5. The first-order valence-corrected chi connectivity index (χ1v) is 8.22. The minimum Gasteiger partial charge on any atom is -0.474 e. The molecule has 0 aliphatic heterocycles. The number of hydrogen-bond donors (Lipinski definition) is 1. The van der Waals surface area contributed by atoms with Crippen molar-refractivity contribution in [3.05, 3.63) is 29.2 Å². The van der Waals surface area contributed by atoms with Crippen LogP contribution in [0.15, 0.2) is 18.5 Å². The average Bonchev–Trinajstić information content (AvgIpc) is 3.36. The summed E-state index contributed by atoms with van der Waals surface area (Å²) < 4.78 is 10.6. The number of ether oxygens (including phenoxy) is 2.